The molecule has 0 atom stereocenters. The SMILES string of the molecule is Cc1ccc(S(=O)(=O)Nc2ccc(N/N=C/c3ccccc3C(=O)O)cc2)cc1. The lowest BCUT2D eigenvalue weighted by Crippen LogP contribution is -2.12. The van der Waals surface area contributed by atoms with Crippen LogP contribution in [0.15, 0.2) is 82.8 Å². The van der Waals surface area contributed by atoms with E-state index in [4.69, 9.17) is 5.11 Å². The fraction of sp³-hybridized carbons (Fsp3) is 0.0476. The van der Waals surface area contributed by atoms with Gasteiger partial charge in [-0.05, 0) is 49.4 Å². The van der Waals surface area contributed by atoms with Crippen LogP contribution in [0.3, 0.4) is 0 Å². The van der Waals surface area contributed by atoms with Gasteiger partial charge < -0.3 is 5.11 Å². The molecule has 7 nitrogen and oxygen atoms in total. The fourth-order valence-electron chi connectivity index (χ4n) is 2.53. The van der Waals surface area contributed by atoms with Gasteiger partial charge in [0, 0.05) is 11.3 Å². The molecule has 0 unspecified atom stereocenters. The average Bonchev–Trinajstić information content (AvgIpc) is 2.70. The second kappa shape index (κ2) is 8.57. The van der Waals surface area contributed by atoms with Gasteiger partial charge in [-0.3, -0.25) is 10.1 Å². The van der Waals surface area contributed by atoms with Crippen molar-refractivity contribution < 1.29 is 18.3 Å². The van der Waals surface area contributed by atoms with Crippen LogP contribution >= 0.6 is 0 Å². The molecule has 29 heavy (non-hydrogen) atoms. The molecule has 8 heteroatoms. The smallest absolute Gasteiger partial charge is 0.336 e. The number of hydrogen-bond donors (Lipinski definition) is 3. The van der Waals surface area contributed by atoms with Crippen molar-refractivity contribution in [1.82, 2.24) is 0 Å². The first-order valence-corrected chi connectivity index (χ1v) is 10.1. The van der Waals surface area contributed by atoms with E-state index in [-0.39, 0.29) is 10.5 Å². The number of benzene rings is 3. The van der Waals surface area contributed by atoms with Crippen LogP contribution in [0.2, 0.25) is 0 Å². The highest BCUT2D eigenvalue weighted by Gasteiger charge is 2.13. The summed E-state index contributed by atoms with van der Waals surface area (Å²) in [6.45, 7) is 1.89. The Balaban J connectivity index is 1.66. The van der Waals surface area contributed by atoms with Crippen LogP contribution in [0, 0.1) is 6.92 Å². The van der Waals surface area contributed by atoms with E-state index in [2.05, 4.69) is 15.2 Å². The van der Waals surface area contributed by atoms with Crippen molar-refractivity contribution in [3.63, 3.8) is 0 Å². The number of rotatable bonds is 7. The number of sulfonamides is 1. The first kappa shape index (κ1) is 20.1. The van der Waals surface area contributed by atoms with Crippen LogP contribution in [-0.2, 0) is 10.0 Å². The highest BCUT2D eigenvalue weighted by molar-refractivity contribution is 7.92. The lowest BCUT2D eigenvalue weighted by Gasteiger charge is -2.09. The van der Waals surface area contributed by atoms with Gasteiger partial charge in [-0.1, -0.05) is 35.9 Å². The fourth-order valence-corrected chi connectivity index (χ4v) is 3.58. The van der Waals surface area contributed by atoms with Gasteiger partial charge in [-0.25, -0.2) is 13.2 Å². The Morgan fingerprint density at radius 2 is 1.55 bits per heavy atom. The van der Waals surface area contributed by atoms with Gasteiger partial charge in [-0.15, -0.1) is 0 Å². The maximum absolute atomic E-state index is 12.4. The third kappa shape index (κ3) is 5.20. The molecule has 0 aliphatic rings. The number of aromatic carboxylic acids is 1. The molecule has 3 aromatic rings. The maximum Gasteiger partial charge on any atom is 0.336 e. The molecular weight excluding hydrogens is 390 g/mol. The summed E-state index contributed by atoms with van der Waals surface area (Å²) in [6, 6.07) is 19.6. The van der Waals surface area contributed by atoms with Crippen LogP contribution in [-0.4, -0.2) is 25.7 Å². The largest absolute Gasteiger partial charge is 0.478 e. The lowest BCUT2D eigenvalue weighted by molar-refractivity contribution is 0.0696. The van der Waals surface area contributed by atoms with Gasteiger partial charge in [0.1, 0.15) is 0 Å². The number of anilines is 2. The second-order valence-electron chi connectivity index (χ2n) is 6.26. The van der Waals surface area contributed by atoms with Crippen LogP contribution in [0.25, 0.3) is 0 Å². The van der Waals surface area contributed by atoms with Crippen molar-refractivity contribution in [2.45, 2.75) is 11.8 Å². The Kier molecular flexibility index (Phi) is 5.94. The van der Waals surface area contributed by atoms with E-state index in [1.807, 2.05) is 6.92 Å². The first-order valence-electron chi connectivity index (χ1n) is 8.66. The first-order chi connectivity index (χ1) is 13.8. The highest BCUT2D eigenvalue weighted by atomic mass is 32.2. The predicted molar refractivity (Wildman–Crippen MR) is 113 cm³/mol. The Bertz CT molecular complexity index is 1140. The Labute approximate surface area is 168 Å². The van der Waals surface area contributed by atoms with Crippen molar-refractivity contribution >= 4 is 33.6 Å². The highest BCUT2D eigenvalue weighted by Crippen LogP contribution is 2.19. The zero-order valence-electron chi connectivity index (χ0n) is 15.5. The predicted octanol–water partition coefficient (Wildman–Crippen LogP) is 3.94. The number of carbonyl (C=O) groups is 1. The molecule has 3 rings (SSSR count). The van der Waals surface area contributed by atoms with Crippen molar-refractivity contribution in [2.75, 3.05) is 10.1 Å². The Hall–Kier alpha value is -3.65. The summed E-state index contributed by atoms with van der Waals surface area (Å²) >= 11 is 0. The van der Waals surface area contributed by atoms with Crippen LogP contribution < -0.4 is 10.1 Å². The number of hydrogen-bond acceptors (Lipinski definition) is 5. The van der Waals surface area contributed by atoms with Crippen molar-refractivity contribution in [1.29, 1.82) is 0 Å². The van der Waals surface area contributed by atoms with E-state index in [0.29, 0.717) is 16.9 Å². The number of carboxylic acid groups (broad SMARTS) is 1. The standard InChI is InChI=1S/C21H19N3O4S/c1-15-6-12-19(13-7-15)29(27,28)24-18-10-8-17(9-11-18)23-22-14-16-4-2-3-5-20(16)21(25)26/h2-14,23-24H,1H3,(H,25,26)/b22-14+. The van der Waals surface area contributed by atoms with E-state index in [0.717, 1.165) is 5.56 Å². The zero-order valence-corrected chi connectivity index (χ0v) is 16.3. The molecule has 0 amide bonds. The minimum Gasteiger partial charge on any atom is -0.478 e. The van der Waals surface area contributed by atoms with Crippen molar-refractivity contribution in [2.24, 2.45) is 5.10 Å². The monoisotopic (exact) mass is 409 g/mol. The molecule has 0 aromatic heterocycles. The normalized spacial score (nSPS) is 11.3. The molecule has 3 aromatic carbocycles. The van der Waals surface area contributed by atoms with E-state index in [1.54, 1.807) is 66.7 Å². The average molecular weight is 409 g/mol. The molecule has 0 aliphatic heterocycles. The molecule has 148 valence electrons. The molecule has 0 aliphatic carbocycles. The summed E-state index contributed by atoms with van der Waals surface area (Å²) < 4.78 is 27.4. The minimum absolute atomic E-state index is 0.152. The molecule has 0 spiro atoms. The van der Waals surface area contributed by atoms with E-state index in [1.165, 1.54) is 12.3 Å². The zero-order chi connectivity index (χ0) is 20.9. The quantitative estimate of drug-likeness (QED) is 0.405. The minimum atomic E-state index is -3.66. The number of nitrogens with one attached hydrogen (secondary N) is 2. The van der Waals surface area contributed by atoms with Gasteiger partial charge in [0.15, 0.2) is 0 Å². The molecular formula is C21H19N3O4S. The number of aryl methyl sites for hydroxylation is 1. The van der Waals surface area contributed by atoms with Gasteiger partial charge in [0.05, 0.1) is 22.4 Å². The van der Waals surface area contributed by atoms with Crippen LogP contribution in [0.4, 0.5) is 11.4 Å². The molecule has 0 saturated carbocycles. The van der Waals surface area contributed by atoms with Crippen molar-refractivity contribution in [3.05, 3.63) is 89.5 Å². The molecule has 0 saturated heterocycles. The summed E-state index contributed by atoms with van der Waals surface area (Å²) in [6.07, 6.45) is 1.41. The molecule has 3 N–H and O–H groups in total. The van der Waals surface area contributed by atoms with Gasteiger partial charge in [-0.2, -0.15) is 5.10 Å². The van der Waals surface area contributed by atoms with Crippen LogP contribution in [0.5, 0.6) is 0 Å². The third-order valence-corrected chi connectivity index (χ3v) is 5.45. The van der Waals surface area contributed by atoms with Gasteiger partial charge in [0.25, 0.3) is 10.0 Å². The lowest BCUT2D eigenvalue weighted by atomic mass is 10.1. The third-order valence-electron chi connectivity index (χ3n) is 4.06. The van der Waals surface area contributed by atoms with E-state index < -0.39 is 16.0 Å². The Morgan fingerprint density at radius 3 is 2.21 bits per heavy atom. The molecule has 0 radical (unpaired) electrons. The van der Waals surface area contributed by atoms with E-state index in [9.17, 15) is 13.2 Å². The number of nitrogens with zero attached hydrogens (tertiary/aromatic N) is 1. The Morgan fingerprint density at radius 1 is 0.931 bits per heavy atom. The van der Waals surface area contributed by atoms with E-state index >= 15 is 0 Å². The second-order valence-corrected chi connectivity index (χ2v) is 7.94. The topological polar surface area (TPSA) is 108 Å². The number of carboxylic acids is 1. The summed E-state index contributed by atoms with van der Waals surface area (Å²) in [5, 5.41) is 13.2. The summed E-state index contributed by atoms with van der Waals surface area (Å²) in [5.74, 6) is -1.03. The summed E-state index contributed by atoms with van der Waals surface area (Å²) in [4.78, 5) is 11.4. The van der Waals surface area contributed by atoms with Gasteiger partial charge >= 0.3 is 5.97 Å². The van der Waals surface area contributed by atoms with Gasteiger partial charge in [0.2, 0.25) is 0 Å². The van der Waals surface area contributed by atoms with Crippen molar-refractivity contribution in [3.8, 4) is 0 Å². The molecule has 0 heterocycles. The molecule has 0 fully saturated rings. The number of hydrazone groups is 1. The van der Waals surface area contributed by atoms with Crippen LogP contribution in [0.1, 0.15) is 21.5 Å². The summed E-state index contributed by atoms with van der Waals surface area (Å²) in [5.41, 5.74) is 5.41. The summed E-state index contributed by atoms with van der Waals surface area (Å²) in [7, 11) is -3.66. The molecule has 0 bridgehead atoms. The maximum atomic E-state index is 12.4.